The Hall–Kier alpha value is -0.600. The van der Waals surface area contributed by atoms with Crippen molar-refractivity contribution in [3.05, 3.63) is 23.3 Å². The summed E-state index contributed by atoms with van der Waals surface area (Å²) >= 11 is 0. The lowest BCUT2D eigenvalue weighted by atomic mass is 9.94. The van der Waals surface area contributed by atoms with Crippen LogP contribution < -0.4 is 0 Å². The van der Waals surface area contributed by atoms with Crippen LogP contribution in [0, 0.1) is 0 Å². The molecular formula is C16H30O2. The minimum absolute atomic E-state index is 0.510. The van der Waals surface area contributed by atoms with E-state index in [1.807, 2.05) is 0 Å². The number of aliphatic hydroxyl groups excluding tert-OH is 2. The minimum atomic E-state index is -0.510. The van der Waals surface area contributed by atoms with Crippen molar-refractivity contribution in [3.8, 4) is 0 Å². The van der Waals surface area contributed by atoms with Crippen molar-refractivity contribution in [1.82, 2.24) is 0 Å². The average molecular weight is 254 g/mol. The van der Waals surface area contributed by atoms with E-state index in [2.05, 4.69) is 26.0 Å². The number of rotatable bonds is 9. The highest BCUT2D eigenvalue weighted by molar-refractivity contribution is 5.36. The highest BCUT2D eigenvalue weighted by Crippen LogP contribution is 2.21. The summed E-state index contributed by atoms with van der Waals surface area (Å²) in [5.41, 5.74) is 1.80. The molecule has 0 aromatic heterocycles. The Bertz CT molecular complexity index is 234. The van der Waals surface area contributed by atoms with Gasteiger partial charge in [-0.3, -0.25) is 0 Å². The molecule has 0 radical (unpaired) electrons. The molecule has 2 N–H and O–H groups in total. The van der Waals surface area contributed by atoms with Crippen molar-refractivity contribution >= 4 is 0 Å². The molecule has 0 bridgehead atoms. The Labute approximate surface area is 112 Å². The second-order valence-electron chi connectivity index (χ2n) is 4.96. The van der Waals surface area contributed by atoms with E-state index in [0.29, 0.717) is 0 Å². The number of aliphatic hydroxyl groups is 2. The molecule has 2 nitrogen and oxygen atoms in total. The van der Waals surface area contributed by atoms with Gasteiger partial charge in [0.25, 0.3) is 0 Å². The second-order valence-corrected chi connectivity index (χ2v) is 4.96. The zero-order valence-electron chi connectivity index (χ0n) is 12.4. The first-order chi connectivity index (χ1) is 8.54. The molecule has 0 aromatic rings. The van der Waals surface area contributed by atoms with Crippen LogP contribution in [0.4, 0.5) is 0 Å². The smallest absolute Gasteiger partial charge is 0.0762 e. The summed E-state index contributed by atoms with van der Waals surface area (Å²) in [4.78, 5) is 0. The quantitative estimate of drug-likeness (QED) is 0.482. The van der Waals surface area contributed by atoms with Gasteiger partial charge in [0.15, 0.2) is 0 Å². The molecule has 18 heavy (non-hydrogen) atoms. The lowest BCUT2D eigenvalue weighted by molar-refractivity contribution is 0.206. The molecule has 2 unspecified atom stereocenters. The van der Waals surface area contributed by atoms with Crippen LogP contribution in [0.1, 0.15) is 66.2 Å². The monoisotopic (exact) mass is 254 g/mol. The fourth-order valence-corrected chi connectivity index (χ4v) is 1.98. The first kappa shape index (κ1) is 17.4. The predicted molar refractivity (Wildman–Crippen MR) is 78.6 cm³/mol. The van der Waals surface area contributed by atoms with E-state index in [9.17, 15) is 10.2 Å². The van der Waals surface area contributed by atoms with Crippen LogP contribution >= 0.6 is 0 Å². The van der Waals surface area contributed by atoms with Crippen LogP contribution in [-0.2, 0) is 0 Å². The molecule has 2 heteroatoms. The maximum Gasteiger partial charge on any atom is 0.0762 e. The molecule has 0 aliphatic heterocycles. The van der Waals surface area contributed by atoms with Crippen LogP contribution in [-0.4, -0.2) is 22.4 Å². The maximum atomic E-state index is 9.87. The van der Waals surface area contributed by atoms with Gasteiger partial charge in [0.2, 0.25) is 0 Å². The zero-order chi connectivity index (χ0) is 14.0. The van der Waals surface area contributed by atoms with Gasteiger partial charge in [0.05, 0.1) is 12.2 Å². The third kappa shape index (κ3) is 6.97. The zero-order valence-corrected chi connectivity index (χ0v) is 12.4. The van der Waals surface area contributed by atoms with Gasteiger partial charge in [0.1, 0.15) is 0 Å². The van der Waals surface area contributed by atoms with Gasteiger partial charge in [-0.15, -0.1) is 0 Å². The van der Waals surface area contributed by atoms with Gasteiger partial charge < -0.3 is 10.2 Å². The molecule has 106 valence electrons. The molecule has 2 atom stereocenters. The second kappa shape index (κ2) is 10.3. The summed E-state index contributed by atoms with van der Waals surface area (Å²) in [6.07, 6.45) is 9.62. The summed E-state index contributed by atoms with van der Waals surface area (Å²) in [7, 11) is 0. The summed E-state index contributed by atoms with van der Waals surface area (Å²) in [5, 5.41) is 19.7. The molecule has 0 aliphatic rings. The van der Waals surface area contributed by atoms with Crippen molar-refractivity contribution in [2.24, 2.45) is 0 Å². The molecule has 0 heterocycles. The van der Waals surface area contributed by atoms with E-state index in [0.717, 1.165) is 49.7 Å². The van der Waals surface area contributed by atoms with E-state index in [-0.39, 0.29) is 0 Å². The first-order valence-electron chi connectivity index (χ1n) is 7.31. The molecule has 0 saturated heterocycles. The largest absolute Gasteiger partial charge is 0.389 e. The standard InChI is InChI=1S/C16H30O2/c1-5-7-9-11-15(13(3)17)16(14(4)18)12-10-8-6-2/h11-14,17-18H,5-10H2,1-4H3. The van der Waals surface area contributed by atoms with Crippen molar-refractivity contribution in [2.45, 2.75) is 78.4 Å². The predicted octanol–water partition coefficient (Wildman–Crippen LogP) is 3.98. The number of unbranched alkanes of at least 4 members (excludes halogenated alkanes) is 4. The van der Waals surface area contributed by atoms with Crippen LogP contribution in [0.15, 0.2) is 23.3 Å². The van der Waals surface area contributed by atoms with E-state index in [4.69, 9.17) is 0 Å². The number of hydrogen-bond donors (Lipinski definition) is 2. The number of hydrogen-bond acceptors (Lipinski definition) is 2. The van der Waals surface area contributed by atoms with Crippen LogP contribution in [0.5, 0.6) is 0 Å². The summed E-state index contributed by atoms with van der Waals surface area (Å²) < 4.78 is 0. The summed E-state index contributed by atoms with van der Waals surface area (Å²) in [6.45, 7) is 7.85. The van der Waals surface area contributed by atoms with Crippen molar-refractivity contribution < 1.29 is 10.2 Å². The lowest BCUT2D eigenvalue weighted by Crippen LogP contribution is -2.15. The van der Waals surface area contributed by atoms with E-state index >= 15 is 0 Å². The molecule has 0 saturated carbocycles. The van der Waals surface area contributed by atoms with Crippen molar-refractivity contribution in [2.75, 3.05) is 0 Å². The van der Waals surface area contributed by atoms with Crippen molar-refractivity contribution in [3.63, 3.8) is 0 Å². The lowest BCUT2D eigenvalue weighted by Gasteiger charge is -2.18. The maximum absolute atomic E-state index is 9.87. The molecular weight excluding hydrogens is 224 g/mol. The Morgan fingerprint density at radius 3 is 1.39 bits per heavy atom. The van der Waals surface area contributed by atoms with E-state index < -0.39 is 12.2 Å². The Kier molecular flexibility index (Phi) is 9.99. The fraction of sp³-hybridized carbons (Fsp3) is 0.750. The fourth-order valence-electron chi connectivity index (χ4n) is 1.98. The van der Waals surface area contributed by atoms with E-state index in [1.165, 1.54) is 0 Å². The Morgan fingerprint density at radius 1 is 0.833 bits per heavy atom. The van der Waals surface area contributed by atoms with Crippen molar-refractivity contribution in [1.29, 1.82) is 0 Å². The molecule has 0 aliphatic carbocycles. The number of allylic oxidation sites excluding steroid dienone is 2. The highest BCUT2D eigenvalue weighted by Gasteiger charge is 2.14. The average Bonchev–Trinajstić information content (AvgIpc) is 2.31. The van der Waals surface area contributed by atoms with Gasteiger partial charge >= 0.3 is 0 Å². The molecule has 0 rings (SSSR count). The van der Waals surface area contributed by atoms with Gasteiger partial charge in [-0.2, -0.15) is 0 Å². The minimum Gasteiger partial charge on any atom is -0.389 e. The Balaban J connectivity index is 4.87. The summed E-state index contributed by atoms with van der Waals surface area (Å²) in [5.74, 6) is 0. The Morgan fingerprint density at radius 2 is 1.17 bits per heavy atom. The van der Waals surface area contributed by atoms with Gasteiger partial charge in [0, 0.05) is 0 Å². The molecule has 0 fully saturated rings. The third-order valence-electron chi connectivity index (χ3n) is 3.08. The summed E-state index contributed by atoms with van der Waals surface area (Å²) in [6, 6.07) is 0. The molecule has 0 spiro atoms. The van der Waals surface area contributed by atoms with Crippen LogP contribution in [0.2, 0.25) is 0 Å². The SMILES string of the molecule is CCCCC=C(C(=CCCCC)C(C)O)C(C)O. The van der Waals surface area contributed by atoms with Gasteiger partial charge in [-0.1, -0.05) is 51.7 Å². The molecule has 0 amide bonds. The van der Waals surface area contributed by atoms with Gasteiger partial charge in [-0.25, -0.2) is 0 Å². The van der Waals surface area contributed by atoms with E-state index in [1.54, 1.807) is 13.8 Å². The van der Waals surface area contributed by atoms with Gasteiger partial charge in [-0.05, 0) is 37.8 Å². The topological polar surface area (TPSA) is 40.5 Å². The first-order valence-corrected chi connectivity index (χ1v) is 7.31. The normalized spacial score (nSPS) is 16.8. The third-order valence-corrected chi connectivity index (χ3v) is 3.08. The highest BCUT2D eigenvalue weighted by atomic mass is 16.3. The molecule has 0 aromatic carbocycles. The van der Waals surface area contributed by atoms with Crippen LogP contribution in [0.25, 0.3) is 0 Å². The van der Waals surface area contributed by atoms with Crippen LogP contribution in [0.3, 0.4) is 0 Å².